The largest absolute Gasteiger partial charge is 0.491 e. The van der Waals surface area contributed by atoms with Gasteiger partial charge in [-0.3, -0.25) is 18.7 Å². The zero-order valence-corrected chi connectivity index (χ0v) is 22.9. The van der Waals surface area contributed by atoms with Gasteiger partial charge in [-0.1, -0.05) is 41.4 Å². The highest BCUT2D eigenvalue weighted by Crippen LogP contribution is 2.26. The van der Waals surface area contributed by atoms with Crippen LogP contribution in [-0.2, 0) is 13.1 Å². The molecule has 5 rings (SSSR count). The number of para-hydroxylation sites is 1. The molecule has 0 bridgehead atoms. The molecule has 1 aliphatic rings. The molecular formula is C29H26Cl2N4O4. The molecule has 2 amide bonds. The van der Waals surface area contributed by atoms with Crippen LogP contribution < -0.4 is 15.7 Å². The lowest BCUT2D eigenvalue weighted by atomic mass is 10.1. The van der Waals surface area contributed by atoms with E-state index in [0.717, 1.165) is 0 Å². The van der Waals surface area contributed by atoms with Crippen molar-refractivity contribution in [1.29, 1.82) is 0 Å². The van der Waals surface area contributed by atoms with E-state index in [0.29, 0.717) is 33.4 Å². The van der Waals surface area contributed by atoms with Crippen LogP contribution in [0.3, 0.4) is 0 Å². The zero-order valence-electron chi connectivity index (χ0n) is 21.4. The summed E-state index contributed by atoms with van der Waals surface area (Å²) in [4.78, 5) is 42.3. The third-order valence-electron chi connectivity index (χ3n) is 6.35. The molecule has 8 nitrogen and oxygen atoms in total. The molecule has 3 aromatic carbocycles. The summed E-state index contributed by atoms with van der Waals surface area (Å²) in [5, 5.41) is 3.51. The molecule has 0 unspecified atom stereocenters. The SMILES string of the molecule is CC(C)Oc1ccc(-n2c(C(=O)Nc3ccccc3)c3n(c2=O)CCN(C(=O)c2ccc(Cl)c(Cl)c2)C3)cc1. The lowest BCUT2D eigenvalue weighted by molar-refractivity contribution is 0.0707. The van der Waals surface area contributed by atoms with E-state index < -0.39 is 5.91 Å². The molecule has 0 aliphatic carbocycles. The highest BCUT2D eigenvalue weighted by Gasteiger charge is 2.32. The standard InChI is InChI=1S/C29H26Cl2N4O4/c1-18(2)39-22-11-9-21(10-12-22)35-26(27(36)32-20-6-4-3-5-7-20)25-17-33(14-15-34(25)29(35)38)28(37)19-8-13-23(30)24(31)16-19/h3-13,16,18H,14-15,17H2,1-2H3,(H,32,36). The van der Waals surface area contributed by atoms with Gasteiger partial charge in [0.05, 0.1) is 34.1 Å². The average Bonchev–Trinajstić information content (AvgIpc) is 3.22. The summed E-state index contributed by atoms with van der Waals surface area (Å²) in [6, 6.07) is 20.7. The second kappa shape index (κ2) is 11.0. The van der Waals surface area contributed by atoms with Crippen LogP contribution in [0.25, 0.3) is 5.69 Å². The molecule has 200 valence electrons. The number of carbonyl (C=O) groups is 2. The monoisotopic (exact) mass is 564 g/mol. The van der Waals surface area contributed by atoms with Crippen molar-refractivity contribution in [3.63, 3.8) is 0 Å². The number of carbonyl (C=O) groups excluding carboxylic acids is 2. The number of rotatable bonds is 6. The fourth-order valence-electron chi connectivity index (χ4n) is 4.58. The van der Waals surface area contributed by atoms with Crippen molar-refractivity contribution in [2.24, 2.45) is 0 Å². The predicted octanol–water partition coefficient (Wildman–Crippen LogP) is 5.64. The maximum Gasteiger partial charge on any atom is 0.333 e. The van der Waals surface area contributed by atoms with Crippen molar-refractivity contribution in [3.8, 4) is 11.4 Å². The van der Waals surface area contributed by atoms with Gasteiger partial charge >= 0.3 is 5.69 Å². The molecule has 1 aromatic heterocycles. The summed E-state index contributed by atoms with van der Waals surface area (Å²) in [5.41, 5.74) is 1.71. The van der Waals surface area contributed by atoms with Gasteiger partial charge in [-0.05, 0) is 68.4 Å². The first kappa shape index (κ1) is 26.6. The number of nitrogens with zero attached hydrogens (tertiary/aromatic N) is 3. The summed E-state index contributed by atoms with van der Waals surface area (Å²) in [7, 11) is 0. The lowest BCUT2D eigenvalue weighted by Gasteiger charge is -2.28. The van der Waals surface area contributed by atoms with Crippen molar-refractivity contribution in [2.75, 3.05) is 11.9 Å². The Labute approximate surface area is 235 Å². The van der Waals surface area contributed by atoms with Gasteiger partial charge in [-0.15, -0.1) is 0 Å². The first-order chi connectivity index (χ1) is 18.7. The second-order valence-corrected chi connectivity index (χ2v) is 10.2. The molecule has 0 saturated carbocycles. The van der Waals surface area contributed by atoms with Crippen molar-refractivity contribution in [2.45, 2.75) is 33.0 Å². The molecule has 2 heterocycles. The number of imidazole rings is 1. The van der Waals surface area contributed by atoms with Crippen molar-refractivity contribution >= 4 is 40.7 Å². The van der Waals surface area contributed by atoms with Crippen LogP contribution in [-0.4, -0.2) is 38.5 Å². The minimum absolute atomic E-state index is 0.00776. The molecule has 0 spiro atoms. The van der Waals surface area contributed by atoms with Crippen LogP contribution in [0.1, 0.15) is 40.4 Å². The Bertz CT molecular complexity index is 1590. The van der Waals surface area contributed by atoms with Crippen molar-refractivity contribution < 1.29 is 14.3 Å². The Morgan fingerprint density at radius 1 is 0.923 bits per heavy atom. The summed E-state index contributed by atoms with van der Waals surface area (Å²) in [5.74, 6) is -0.0810. The molecule has 0 fully saturated rings. The zero-order chi connectivity index (χ0) is 27.7. The Kier molecular flexibility index (Phi) is 7.50. The van der Waals surface area contributed by atoms with E-state index in [1.54, 1.807) is 58.0 Å². The number of amides is 2. The van der Waals surface area contributed by atoms with Gasteiger partial charge in [-0.25, -0.2) is 4.79 Å². The van der Waals surface area contributed by atoms with Crippen LogP contribution >= 0.6 is 23.2 Å². The van der Waals surface area contributed by atoms with E-state index in [-0.39, 0.29) is 48.1 Å². The van der Waals surface area contributed by atoms with Crippen LogP contribution in [0.4, 0.5) is 5.69 Å². The van der Waals surface area contributed by atoms with E-state index in [9.17, 15) is 14.4 Å². The van der Waals surface area contributed by atoms with E-state index >= 15 is 0 Å². The quantitative estimate of drug-likeness (QED) is 0.328. The molecule has 0 atom stereocenters. The lowest BCUT2D eigenvalue weighted by Crippen LogP contribution is -2.41. The molecule has 10 heteroatoms. The number of nitrogens with one attached hydrogen (secondary N) is 1. The number of hydrogen-bond acceptors (Lipinski definition) is 4. The van der Waals surface area contributed by atoms with E-state index in [2.05, 4.69) is 5.32 Å². The summed E-state index contributed by atoms with van der Waals surface area (Å²) in [6.07, 6.45) is -0.00776. The third-order valence-corrected chi connectivity index (χ3v) is 7.09. The Morgan fingerprint density at radius 2 is 1.64 bits per heavy atom. The predicted molar refractivity (Wildman–Crippen MR) is 151 cm³/mol. The smallest absolute Gasteiger partial charge is 0.333 e. The summed E-state index contributed by atoms with van der Waals surface area (Å²) in [6.45, 7) is 4.44. The highest BCUT2D eigenvalue weighted by atomic mass is 35.5. The molecule has 1 N–H and O–H groups in total. The van der Waals surface area contributed by atoms with Gasteiger partial charge in [0.2, 0.25) is 0 Å². The van der Waals surface area contributed by atoms with E-state index in [1.807, 2.05) is 32.0 Å². The van der Waals surface area contributed by atoms with Crippen LogP contribution in [0.2, 0.25) is 10.0 Å². The summed E-state index contributed by atoms with van der Waals surface area (Å²) < 4.78 is 8.68. The number of hydrogen-bond donors (Lipinski definition) is 1. The van der Waals surface area contributed by atoms with E-state index in [1.165, 1.54) is 10.6 Å². The second-order valence-electron chi connectivity index (χ2n) is 9.40. The third kappa shape index (κ3) is 5.44. The maximum atomic E-state index is 13.7. The van der Waals surface area contributed by atoms with Gasteiger partial charge < -0.3 is 15.0 Å². The maximum absolute atomic E-state index is 13.7. The Hall–Kier alpha value is -4.01. The Morgan fingerprint density at radius 3 is 2.31 bits per heavy atom. The molecule has 0 radical (unpaired) electrons. The first-order valence-corrected chi connectivity index (χ1v) is 13.2. The van der Waals surface area contributed by atoms with Crippen LogP contribution in [0.15, 0.2) is 77.6 Å². The van der Waals surface area contributed by atoms with Crippen LogP contribution in [0.5, 0.6) is 5.75 Å². The van der Waals surface area contributed by atoms with Crippen LogP contribution in [0, 0.1) is 0 Å². The minimum atomic E-state index is -0.460. The van der Waals surface area contributed by atoms with Gasteiger partial charge in [-0.2, -0.15) is 0 Å². The number of halogens is 2. The van der Waals surface area contributed by atoms with Crippen molar-refractivity contribution in [3.05, 3.63) is 110 Å². The fourth-order valence-corrected chi connectivity index (χ4v) is 4.87. The highest BCUT2D eigenvalue weighted by molar-refractivity contribution is 6.42. The molecule has 1 aliphatic heterocycles. The minimum Gasteiger partial charge on any atom is -0.491 e. The number of benzene rings is 3. The van der Waals surface area contributed by atoms with E-state index in [4.69, 9.17) is 27.9 Å². The first-order valence-electron chi connectivity index (χ1n) is 12.4. The molecule has 39 heavy (non-hydrogen) atoms. The number of fused-ring (bicyclic) bond motifs is 1. The Balaban J connectivity index is 1.56. The fraction of sp³-hybridized carbons (Fsp3) is 0.207. The molecule has 0 saturated heterocycles. The topological polar surface area (TPSA) is 85.6 Å². The normalized spacial score (nSPS) is 12.8. The molecule has 4 aromatic rings. The van der Waals surface area contributed by atoms with Gasteiger partial charge in [0.15, 0.2) is 0 Å². The van der Waals surface area contributed by atoms with Gasteiger partial charge in [0.25, 0.3) is 11.8 Å². The molecular weight excluding hydrogens is 539 g/mol. The number of ether oxygens (including phenoxy) is 1. The van der Waals surface area contributed by atoms with Gasteiger partial charge in [0, 0.05) is 24.3 Å². The average molecular weight is 565 g/mol. The van der Waals surface area contributed by atoms with Crippen molar-refractivity contribution in [1.82, 2.24) is 14.0 Å². The number of anilines is 1. The van der Waals surface area contributed by atoms with Gasteiger partial charge in [0.1, 0.15) is 11.4 Å². The number of aromatic nitrogens is 2. The summed E-state index contributed by atoms with van der Waals surface area (Å²) >= 11 is 12.2.